The number of aliphatic imine (C=N–C) groups is 1. The summed E-state index contributed by atoms with van der Waals surface area (Å²) in [6.45, 7) is 1.99. The molecule has 1 aromatic rings. The Morgan fingerprint density at radius 3 is 3.08 bits per heavy atom. The summed E-state index contributed by atoms with van der Waals surface area (Å²) in [4.78, 5) is 4.25. The minimum Gasteiger partial charge on any atom is -0.289 e. The zero-order valence-corrected chi connectivity index (χ0v) is 8.81. The molecule has 1 unspecified atom stereocenters. The van der Waals surface area contributed by atoms with Crippen LogP contribution in [0.15, 0.2) is 21.6 Å². The molecule has 0 aromatic heterocycles. The molecule has 1 atom stereocenters. The van der Waals surface area contributed by atoms with E-state index in [9.17, 15) is 4.39 Å². The van der Waals surface area contributed by atoms with Crippen LogP contribution in [0.1, 0.15) is 18.1 Å². The first-order chi connectivity index (χ1) is 6.18. The fraction of sp³-hybridized carbons (Fsp3) is 0.300. The van der Waals surface area contributed by atoms with Gasteiger partial charge < -0.3 is 0 Å². The van der Waals surface area contributed by atoms with E-state index in [1.165, 1.54) is 6.07 Å². The zero-order chi connectivity index (χ0) is 9.42. The third kappa shape index (κ3) is 1.53. The van der Waals surface area contributed by atoms with Crippen LogP contribution in [0.3, 0.4) is 0 Å². The molecule has 0 N–H and O–H groups in total. The van der Waals surface area contributed by atoms with Gasteiger partial charge in [-0.3, -0.25) is 4.99 Å². The van der Waals surface area contributed by atoms with Gasteiger partial charge in [0, 0.05) is 16.3 Å². The Kier molecular flexibility index (Phi) is 2.20. The van der Waals surface area contributed by atoms with Crippen molar-refractivity contribution in [2.45, 2.75) is 19.4 Å². The lowest BCUT2D eigenvalue weighted by molar-refractivity contribution is 0.592. The van der Waals surface area contributed by atoms with Crippen LogP contribution in [0.2, 0.25) is 0 Å². The minimum absolute atomic E-state index is 0.129. The lowest BCUT2D eigenvalue weighted by atomic mass is 9.98. The average Bonchev–Trinajstić information content (AvgIpc) is 2.12. The van der Waals surface area contributed by atoms with Crippen LogP contribution in [-0.4, -0.2) is 12.3 Å². The van der Waals surface area contributed by atoms with Crippen LogP contribution in [0.25, 0.3) is 0 Å². The Morgan fingerprint density at radius 2 is 2.31 bits per heavy atom. The van der Waals surface area contributed by atoms with Gasteiger partial charge in [0.25, 0.3) is 0 Å². The number of rotatable bonds is 0. The maximum Gasteiger partial charge on any atom is 0.127 e. The Hall–Kier alpha value is -0.700. The topological polar surface area (TPSA) is 12.4 Å². The molecular weight excluding hydrogens is 233 g/mol. The molecule has 1 nitrogen and oxygen atoms in total. The highest BCUT2D eigenvalue weighted by atomic mass is 79.9. The van der Waals surface area contributed by atoms with Crippen LogP contribution >= 0.6 is 15.9 Å². The van der Waals surface area contributed by atoms with Crippen molar-refractivity contribution in [1.82, 2.24) is 0 Å². The van der Waals surface area contributed by atoms with Gasteiger partial charge in [-0.1, -0.05) is 15.9 Å². The van der Waals surface area contributed by atoms with Crippen LogP contribution in [0.5, 0.6) is 0 Å². The van der Waals surface area contributed by atoms with Crippen LogP contribution in [0.4, 0.5) is 4.39 Å². The molecule has 1 aromatic carbocycles. The molecule has 1 aliphatic heterocycles. The van der Waals surface area contributed by atoms with Crippen LogP contribution in [0, 0.1) is 5.82 Å². The first-order valence-electron chi connectivity index (χ1n) is 4.18. The van der Waals surface area contributed by atoms with E-state index in [1.54, 1.807) is 12.3 Å². The first-order valence-corrected chi connectivity index (χ1v) is 4.98. The molecule has 3 heteroatoms. The van der Waals surface area contributed by atoms with Gasteiger partial charge in [0.2, 0.25) is 0 Å². The summed E-state index contributed by atoms with van der Waals surface area (Å²) < 4.78 is 14.3. The number of nitrogens with zero attached hydrogens (tertiary/aromatic N) is 1. The van der Waals surface area contributed by atoms with E-state index >= 15 is 0 Å². The van der Waals surface area contributed by atoms with Gasteiger partial charge in [-0.2, -0.15) is 0 Å². The third-order valence-electron chi connectivity index (χ3n) is 2.20. The van der Waals surface area contributed by atoms with Gasteiger partial charge in [-0.05, 0) is 31.0 Å². The van der Waals surface area contributed by atoms with E-state index in [4.69, 9.17) is 0 Å². The third-order valence-corrected chi connectivity index (χ3v) is 2.90. The number of benzene rings is 1. The fourth-order valence-corrected chi connectivity index (χ4v) is 1.98. The Balaban J connectivity index is 2.60. The van der Waals surface area contributed by atoms with Gasteiger partial charge in [-0.15, -0.1) is 0 Å². The molecule has 0 radical (unpaired) electrons. The molecule has 13 heavy (non-hydrogen) atoms. The largest absolute Gasteiger partial charge is 0.289 e. The second-order valence-electron chi connectivity index (χ2n) is 3.25. The molecule has 0 saturated carbocycles. The predicted molar refractivity (Wildman–Crippen MR) is 54.9 cm³/mol. The summed E-state index contributed by atoms with van der Waals surface area (Å²) in [7, 11) is 0. The number of hydrogen-bond donors (Lipinski definition) is 0. The number of hydrogen-bond acceptors (Lipinski definition) is 1. The zero-order valence-electron chi connectivity index (χ0n) is 7.22. The first kappa shape index (κ1) is 8.88. The molecule has 0 spiro atoms. The summed E-state index contributed by atoms with van der Waals surface area (Å²) in [6, 6.07) is 3.40. The number of fused-ring (bicyclic) bond motifs is 1. The van der Waals surface area contributed by atoms with Crippen LogP contribution < -0.4 is 0 Å². The quantitative estimate of drug-likeness (QED) is 0.663. The highest BCUT2D eigenvalue weighted by molar-refractivity contribution is 9.10. The maximum atomic E-state index is 13.3. The number of halogens is 2. The molecule has 68 valence electrons. The van der Waals surface area contributed by atoms with Crippen molar-refractivity contribution in [2.24, 2.45) is 4.99 Å². The highest BCUT2D eigenvalue weighted by Gasteiger charge is 2.16. The van der Waals surface area contributed by atoms with Crippen LogP contribution in [-0.2, 0) is 6.42 Å². The van der Waals surface area contributed by atoms with Crippen molar-refractivity contribution in [2.75, 3.05) is 0 Å². The molecule has 0 amide bonds. The van der Waals surface area contributed by atoms with E-state index in [-0.39, 0.29) is 11.9 Å². The lowest BCUT2D eigenvalue weighted by Gasteiger charge is -2.16. The van der Waals surface area contributed by atoms with Gasteiger partial charge in [-0.25, -0.2) is 4.39 Å². The van der Waals surface area contributed by atoms with Gasteiger partial charge in [0.15, 0.2) is 0 Å². The van der Waals surface area contributed by atoms with Gasteiger partial charge in [0.05, 0.1) is 6.04 Å². The van der Waals surface area contributed by atoms with E-state index in [0.717, 1.165) is 15.6 Å². The molecule has 0 saturated heterocycles. The second kappa shape index (κ2) is 3.22. The normalized spacial score (nSPS) is 20.1. The second-order valence-corrected chi connectivity index (χ2v) is 4.11. The standard InChI is InChI=1S/C10H9BrFN/c1-6-4-7-8(5-13-6)9(11)2-3-10(7)12/h2-3,5-6H,4H2,1H3. The fourth-order valence-electron chi connectivity index (χ4n) is 1.51. The van der Waals surface area contributed by atoms with E-state index in [2.05, 4.69) is 20.9 Å². The molecule has 1 heterocycles. The summed E-state index contributed by atoms with van der Waals surface area (Å²) in [5.41, 5.74) is 1.66. The minimum atomic E-state index is -0.129. The van der Waals surface area contributed by atoms with E-state index in [0.29, 0.717) is 6.42 Å². The monoisotopic (exact) mass is 241 g/mol. The van der Waals surface area contributed by atoms with Crippen molar-refractivity contribution >= 4 is 22.1 Å². The Labute approximate surface area is 84.8 Å². The van der Waals surface area contributed by atoms with Crippen molar-refractivity contribution in [1.29, 1.82) is 0 Å². The SMILES string of the molecule is CC1Cc2c(F)ccc(Br)c2C=N1. The summed E-state index contributed by atoms with van der Waals surface area (Å²) in [5.74, 6) is -0.129. The Morgan fingerprint density at radius 1 is 1.54 bits per heavy atom. The molecule has 1 aliphatic rings. The van der Waals surface area contributed by atoms with Crippen molar-refractivity contribution in [3.05, 3.63) is 33.5 Å². The smallest absolute Gasteiger partial charge is 0.127 e. The van der Waals surface area contributed by atoms with E-state index < -0.39 is 0 Å². The molecule has 0 fully saturated rings. The van der Waals surface area contributed by atoms with Crippen molar-refractivity contribution in [3.8, 4) is 0 Å². The van der Waals surface area contributed by atoms with Gasteiger partial charge >= 0.3 is 0 Å². The molecular formula is C10H9BrFN. The Bertz CT molecular complexity index is 373. The van der Waals surface area contributed by atoms with Crippen molar-refractivity contribution < 1.29 is 4.39 Å². The lowest BCUT2D eigenvalue weighted by Crippen LogP contribution is -2.13. The molecule has 0 bridgehead atoms. The van der Waals surface area contributed by atoms with Crippen molar-refractivity contribution in [3.63, 3.8) is 0 Å². The maximum absolute atomic E-state index is 13.3. The predicted octanol–water partition coefficient (Wildman–Crippen LogP) is 2.95. The molecule has 2 rings (SSSR count). The van der Waals surface area contributed by atoms with E-state index in [1.807, 2.05) is 6.92 Å². The summed E-state index contributed by atoms with van der Waals surface area (Å²) >= 11 is 3.38. The summed E-state index contributed by atoms with van der Waals surface area (Å²) in [5, 5.41) is 0. The highest BCUT2D eigenvalue weighted by Crippen LogP contribution is 2.26. The van der Waals surface area contributed by atoms with Gasteiger partial charge in [0.1, 0.15) is 5.82 Å². The summed E-state index contributed by atoms with van der Waals surface area (Å²) in [6.07, 6.45) is 2.44. The average molecular weight is 242 g/mol. The molecule has 0 aliphatic carbocycles.